The second-order valence-electron chi connectivity index (χ2n) is 4.12. The zero-order valence-corrected chi connectivity index (χ0v) is 11.0. The van der Waals surface area contributed by atoms with E-state index in [-0.39, 0.29) is 6.04 Å². The SMILES string of the molecule is C#CCCNC(CN)c1cccc(OCCC)c1. The van der Waals surface area contributed by atoms with Crippen LogP contribution in [0, 0.1) is 12.3 Å². The van der Waals surface area contributed by atoms with Crippen molar-refractivity contribution < 1.29 is 4.74 Å². The molecule has 0 saturated heterocycles. The van der Waals surface area contributed by atoms with Crippen LogP contribution in [0.1, 0.15) is 31.4 Å². The summed E-state index contributed by atoms with van der Waals surface area (Å²) < 4.78 is 5.62. The third-order valence-electron chi connectivity index (χ3n) is 2.63. The highest BCUT2D eigenvalue weighted by atomic mass is 16.5. The molecule has 3 N–H and O–H groups in total. The van der Waals surface area contributed by atoms with Crippen LogP contribution in [0.15, 0.2) is 24.3 Å². The molecule has 18 heavy (non-hydrogen) atoms. The van der Waals surface area contributed by atoms with E-state index in [0.29, 0.717) is 13.0 Å². The van der Waals surface area contributed by atoms with E-state index >= 15 is 0 Å². The molecule has 3 nitrogen and oxygen atoms in total. The number of terminal acetylenes is 1. The molecule has 1 aromatic rings. The molecule has 0 aliphatic rings. The van der Waals surface area contributed by atoms with Gasteiger partial charge < -0.3 is 15.8 Å². The minimum Gasteiger partial charge on any atom is -0.494 e. The van der Waals surface area contributed by atoms with Crippen molar-refractivity contribution in [3.8, 4) is 18.1 Å². The molecule has 98 valence electrons. The smallest absolute Gasteiger partial charge is 0.119 e. The Morgan fingerprint density at radius 3 is 3.00 bits per heavy atom. The third-order valence-corrected chi connectivity index (χ3v) is 2.63. The van der Waals surface area contributed by atoms with Gasteiger partial charge in [0.05, 0.1) is 6.61 Å². The first-order valence-corrected chi connectivity index (χ1v) is 6.41. The van der Waals surface area contributed by atoms with Crippen LogP contribution < -0.4 is 15.8 Å². The lowest BCUT2D eigenvalue weighted by atomic mass is 10.1. The molecule has 0 heterocycles. The first kappa shape index (κ1) is 14.6. The van der Waals surface area contributed by atoms with Gasteiger partial charge in [-0.25, -0.2) is 0 Å². The van der Waals surface area contributed by atoms with E-state index in [1.165, 1.54) is 0 Å². The first-order chi connectivity index (χ1) is 8.81. The summed E-state index contributed by atoms with van der Waals surface area (Å²) in [7, 11) is 0. The normalized spacial score (nSPS) is 11.8. The van der Waals surface area contributed by atoms with Crippen LogP contribution in [-0.2, 0) is 0 Å². The number of ether oxygens (including phenoxy) is 1. The minimum atomic E-state index is 0.128. The number of hydrogen-bond acceptors (Lipinski definition) is 3. The average Bonchev–Trinajstić information content (AvgIpc) is 2.42. The van der Waals surface area contributed by atoms with Crippen molar-refractivity contribution in [2.45, 2.75) is 25.8 Å². The molecule has 0 aliphatic carbocycles. The number of nitrogens with two attached hydrogens (primary N) is 1. The van der Waals surface area contributed by atoms with E-state index in [4.69, 9.17) is 16.9 Å². The van der Waals surface area contributed by atoms with E-state index in [1.807, 2.05) is 18.2 Å². The standard InChI is InChI=1S/C15H22N2O/c1-3-5-9-17-15(12-16)13-7-6-8-14(11-13)18-10-4-2/h1,6-8,11,15,17H,4-5,9-10,12,16H2,2H3. The Labute approximate surface area is 110 Å². The lowest BCUT2D eigenvalue weighted by Gasteiger charge is -2.17. The van der Waals surface area contributed by atoms with Crippen molar-refractivity contribution in [3.63, 3.8) is 0 Å². The van der Waals surface area contributed by atoms with Crippen molar-refractivity contribution in [2.24, 2.45) is 5.73 Å². The molecule has 0 bridgehead atoms. The summed E-state index contributed by atoms with van der Waals surface area (Å²) in [4.78, 5) is 0. The van der Waals surface area contributed by atoms with Crippen molar-refractivity contribution >= 4 is 0 Å². The van der Waals surface area contributed by atoms with E-state index in [1.54, 1.807) is 0 Å². The van der Waals surface area contributed by atoms with Crippen molar-refractivity contribution in [3.05, 3.63) is 29.8 Å². The fourth-order valence-corrected chi connectivity index (χ4v) is 1.70. The molecule has 0 amide bonds. The van der Waals surface area contributed by atoms with Gasteiger partial charge in [-0.2, -0.15) is 0 Å². The maximum Gasteiger partial charge on any atom is 0.119 e. The topological polar surface area (TPSA) is 47.3 Å². The molecule has 0 aliphatic heterocycles. The fourth-order valence-electron chi connectivity index (χ4n) is 1.70. The lowest BCUT2D eigenvalue weighted by molar-refractivity contribution is 0.316. The van der Waals surface area contributed by atoms with Gasteiger partial charge in [0.15, 0.2) is 0 Å². The predicted molar refractivity (Wildman–Crippen MR) is 75.5 cm³/mol. The Morgan fingerprint density at radius 2 is 2.33 bits per heavy atom. The summed E-state index contributed by atoms with van der Waals surface area (Å²) in [6.45, 7) is 4.15. The Balaban J connectivity index is 2.64. The Morgan fingerprint density at radius 1 is 1.50 bits per heavy atom. The average molecular weight is 246 g/mol. The summed E-state index contributed by atoms with van der Waals surface area (Å²) in [6.07, 6.45) is 6.95. The van der Waals surface area contributed by atoms with Gasteiger partial charge in [-0.3, -0.25) is 0 Å². The van der Waals surface area contributed by atoms with Crippen LogP contribution in [0.4, 0.5) is 0 Å². The predicted octanol–water partition coefficient (Wildman–Crippen LogP) is 2.09. The molecule has 0 fully saturated rings. The van der Waals surface area contributed by atoms with Crippen LogP contribution in [0.2, 0.25) is 0 Å². The van der Waals surface area contributed by atoms with Gasteiger partial charge in [-0.1, -0.05) is 19.1 Å². The van der Waals surface area contributed by atoms with E-state index in [0.717, 1.165) is 30.9 Å². The Bertz CT molecular complexity index is 384. The summed E-state index contributed by atoms with van der Waals surface area (Å²) in [5.74, 6) is 3.50. The molecule has 0 saturated carbocycles. The number of nitrogens with one attached hydrogen (secondary N) is 1. The van der Waals surface area contributed by atoms with Crippen molar-refractivity contribution in [1.29, 1.82) is 0 Å². The molecule has 0 radical (unpaired) electrons. The van der Waals surface area contributed by atoms with Gasteiger partial charge in [0, 0.05) is 25.6 Å². The summed E-state index contributed by atoms with van der Waals surface area (Å²) in [6, 6.07) is 8.18. The zero-order valence-electron chi connectivity index (χ0n) is 11.0. The van der Waals surface area contributed by atoms with Crippen LogP contribution in [0.3, 0.4) is 0 Å². The maximum absolute atomic E-state index is 5.78. The van der Waals surface area contributed by atoms with Crippen LogP contribution in [0.25, 0.3) is 0 Å². The molecule has 1 atom stereocenters. The Kier molecular flexibility index (Phi) is 6.93. The maximum atomic E-state index is 5.78. The number of hydrogen-bond donors (Lipinski definition) is 2. The zero-order chi connectivity index (χ0) is 13.2. The largest absolute Gasteiger partial charge is 0.494 e. The second kappa shape index (κ2) is 8.57. The lowest BCUT2D eigenvalue weighted by Crippen LogP contribution is -2.28. The summed E-state index contributed by atoms with van der Waals surface area (Å²) in [5, 5.41) is 3.35. The first-order valence-electron chi connectivity index (χ1n) is 6.41. The van der Waals surface area contributed by atoms with E-state index < -0.39 is 0 Å². The van der Waals surface area contributed by atoms with E-state index in [9.17, 15) is 0 Å². The highest BCUT2D eigenvalue weighted by Crippen LogP contribution is 2.19. The van der Waals surface area contributed by atoms with E-state index in [2.05, 4.69) is 24.2 Å². The van der Waals surface area contributed by atoms with Crippen LogP contribution in [0.5, 0.6) is 5.75 Å². The quantitative estimate of drug-likeness (QED) is 0.545. The molecular weight excluding hydrogens is 224 g/mol. The molecular formula is C15H22N2O. The van der Waals surface area contributed by atoms with Crippen LogP contribution >= 0.6 is 0 Å². The van der Waals surface area contributed by atoms with Gasteiger partial charge in [-0.15, -0.1) is 12.3 Å². The third kappa shape index (κ3) is 4.79. The number of benzene rings is 1. The second-order valence-corrected chi connectivity index (χ2v) is 4.12. The monoisotopic (exact) mass is 246 g/mol. The summed E-state index contributed by atoms with van der Waals surface area (Å²) >= 11 is 0. The number of rotatable bonds is 8. The van der Waals surface area contributed by atoms with Crippen molar-refractivity contribution in [1.82, 2.24) is 5.32 Å². The molecule has 1 rings (SSSR count). The van der Waals surface area contributed by atoms with Gasteiger partial charge in [0.1, 0.15) is 5.75 Å². The van der Waals surface area contributed by atoms with Gasteiger partial charge >= 0.3 is 0 Å². The van der Waals surface area contributed by atoms with Gasteiger partial charge in [-0.05, 0) is 24.1 Å². The fraction of sp³-hybridized carbons (Fsp3) is 0.467. The Hall–Kier alpha value is -1.50. The molecule has 0 aromatic heterocycles. The van der Waals surface area contributed by atoms with Gasteiger partial charge in [0.2, 0.25) is 0 Å². The minimum absolute atomic E-state index is 0.128. The van der Waals surface area contributed by atoms with Crippen LogP contribution in [-0.4, -0.2) is 19.7 Å². The molecule has 3 heteroatoms. The highest BCUT2D eigenvalue weighted by Gasteiger charge is 2.09. The van der Waals surface area contributed by atoms with Gasteiger partial charge in [0.25, 0.3) is 0 Å². The van der Waals surface area contributed by atoms with Crippen molar-refractivity contribution in [2.75, 3.05) is 19.7 Å². The summed E-state index contributed by atoms with van der Waals surface area (Å²) in [5.41, 5.74) is 6.92. The molecule has 0 spiro atoms. The molecule has 1 unspecified atom stereocenters. The highest BCUT2D eigenvalue weighted by molar-refractivity contribution is 5.30. The molecule has 1 aromatic carbocycles.